The van der Waals surface area contributed by atoms with Gasteiger partial charge in [-0.15, -0.1) is 0 Å². The average molecular weight is 392 g/mol. The van der Waals surface area contributed by atoms with Crippen molar-refractivity contribution in [2.45, 2.75) is 13.5 Å². The summed E-state index contributed by atoms with van der Waals surface area (Å²) in [5, 5.41) is 21.4. The second-order valence-corrected chi connectivity index (χ2v) is 5.91. The Bertz CT molecular complexity index is 1010. The maximum Gasteiger partial charge on any atom is 0.389 e. The first-order chi connectivity index (χ1) is 12.9. The fraction of sp³-hybridized carbons (Fsp3) is 0.188. The molecule has 0 aliphatic carbocycles. The summed E-state index contributed by atoms with van der Waals surface area (Å²) in [6.07, 6.45) is 1.44. The van der Waals surface area contributed by atoms with Crippen molar-refractivity contribution in [3.63, 3.8) is 0 Å². The SMILES string of the molecule is COc1ccc(NC(=O)c2noc(C)c2Cn2ccc([N+](=O)[O-])n2)cc1Cl. The van der Waals surface area contributed by atoms with Crippen molar-refractivity contribution in [1.29, 1.82) is 0 Å². The molecule has 1 aromatic carbocycles. The first-order valence-corrected chi connectivity index (χ1v) is 8.04. The lowest BCUT2D eigenvalue weighted by Gasteiger charge is -2.07. The van der Waals surface area contributed by atoms with Gasteiger partial charge in [0.25, 0.3) is 5.91 Å². The predicted molar refractivity (Wildman–Crippen MR) is 95.2 cm³/mol. The minimum Gasteiger partial charge on any atom is -0.495 e. The molecule has 10 nitrogen and oxygen atoms in total. The lowest BCUT2D eigenvalue weighted by Crippen LogP contribution is -2.16. The zero-order chi connectivity index (χ0) is 19.6. The number of halogens is 1. The smallest absolute Gasteiger partial charge is 0.389 e. The number of aryl methyl sites for hydroxylation is 1. The van der Waals surface area contributed by atoms with Crippen molar-refractivity contribution in [1.82, 2.24) is 14.9 Å². The number of ether oxygens (including phenoxy) is 1. The Balaban J connectivity index is 1.81. The molecule has 0 fully saturated rings. The van der Waals surface area contributed by atoms with E-state index in [2.05, 4.69) is 15.6 Å². The fourth-order valence-corrected chi connectivity index (χ4v) is 2.65. The van der Waals surface area contributed by atoms with Gasteiger partial charge in [-0.3, -0.25) is 4.79 Å². The van der Waals surface area contributed by atoms with Crippen LogP contribution in [0.1, 0.15) is 21.8 Å². The van der Waals surface area contributed by atoms with E-state index in [1.54, 1.807) is 25.1 Å². The lowest BCUT2D eigenvalue weighted by atomic mass is 10.2. The molecule has 0 aliphatic rings. The Hall–Kier alpha value is -3.40. The van der Waals surface area contributed by atoms with E-state index in [9.17, 15) is 14.9 Å². The monoisotopic (exact) mass is 391 g/mol. The van der Waals surface area contributed by atoms with Gasteiger partial charge < -0.3 is 24.7 Å². The molecule has 140 valence electrons. The molecule has 0 spiro atoms. The largest absolute Gasteiger partial charge is 0.495 e. The van der Waals surface area contributed by atoms with E-state index in [-0.39, 0.29) is 18.1 Å². The van der Waals surface area contributed by atoms with Crippen LogP contribution in [0.25, 0.3) is 0 Å². The summed E-state index contributed by atoms with van der Waals surface area (Å²) in [5.41, 5.74) is 0.967. The number of carbonyl (C=O) groups excluding carboxylic acids is 1. The van der Waals surface area contributed by atoms with Crippen LogP contribution in [0.15, 0.2) is 35.0 Å². The molecule has 11 heteroatoms. The van der Waals surface area contributed by atoms with Gasteiger partial charge in [-0.05, 0) is 30.0 Å². The van der Waals surface area contributed by atoms with E-state index in [0.29, 0.717) is 27.8 Å². The number of carbonyl (C=O) groups is 1. The topological polar surface area (TPSA) is 125 Å². The summed E-state index contributed by atoms with van der Waals surface area (Å²) < 4.78 is 11.5. The molecule has 27 heavy (non-hydrogen) atoms. The van der Waals surface area contributed by atoms with Crippen molar-refractivity contribution in [3.8, 4) is 5.75 Å². The molecule has 0 radical (unpaired) electrons. The number of hydrogen-bond donors (Lipinski definition) is 1. The summed E-state index contributed by atoms with van der Waals surface area (Å²) >= 11 is 6.05. The van der Waals surface area contributed by atoms with Crippen LogP contribution in [-0.4, -0.2) is 32.9 Å². The number of benzene rings is 1. The fourth-order valence-electron chi connectivity index (χ4n) is 2.39. The molecular weight excluding hydrogens is 378 g/mol. The third-order valence-corrected chi connectivity index (χ3v) is 4.04. The minimum atomic E-state index is -0.599. The number of amides is 1. The first-order valence-electron chi connectivity index (χ1n) is 7.67. The number of methoxy groups -OCH3 is 1. The summed E-state index contributed by atoms with van der Waals surface area (Å²) in [4.78, 5) is 22.7. The van der Waals surface area contributed by atoms with Crippen LogP contribution in [-0.2, 0) is 6.54 Å². The quantitative estimate of drug-likeness (QED) is 0.505. The van der Waals surface area contributed by atoms with Gasteiger partial charge in [0.15, 0.2) is 5.69 Å². The number of anilines is 1. The molecule has 0 unspecified atom stereocenters. The molecule has 1 N–H and O–H groups in total. The Morgan fingerprint density at radius 1 is 1.44 bits per heavy atom. The molecule has 0 atom stereocenters. The van der Waals surface area contributed by atoms with Crippen LogP contribution in [0.4, 0.5) is 11.5 Å². The molecule has 1 amide bonds. The van der Waals surface area contributed by atoms with Gasteiger partial charge in [0.05, 0.1) is 41.6 Å². The zero-order valence-electron chi connectivity index (χ0n) is 14.3. The van der Waals surface area contributed by atoms with Crippen LogP contribution in [0.5, 0.6) is 5.75 Å². The first kappa shape index (κ1) is 18.4. The summed E-state index contributed by atoms with van der Waals surface area (Å²) in [7, 11) is 1.49. The van der Waals surface area contributed by atoms with Gasteiger partial charge in [-0.25, -0.2) is 0 Å². The summed E-state index contributed by atoms with van der Waals surface area (Å²) in [6.45, 7) is 1.73. The van der Waals surface area contributed by atoms with E-state index in [1.807, 2.05) is 0 Å². The number of aromatic nitrogens is 3. The molecule has 3 rings (SSSR count). The van der Waals surface area contributed by atoms with E-state index in [4.69, 9.17) is 20.9 Å². The second-order valence-electron chi connectivity index (χ2n) is 5.50. The van der Waals surface area contributed by atoms with Crippen molar-refractivity contribution in [2.24, 2.45) is 0 Å². The number of nitro groups is 1. The maximum atomic E-state index is 12.6. The number of hydrogen-bond acceptors (Lipinski definition) is 7. The highest BCUT2D eigenvalue weighted by molar-refractivity contribution is 6.32. The molecular formula is C16H14ClN5O5. The molecule has 2 heterocycles. The van der Waals surface area contributed by atoms with Crippen LogP contribution >= 0.6 is 11.6 Å². The standard InChI is InChI=1S/C16H14ClN5O5/c1-9-11(8-21-6-5-14(19-21)22(24)25)15(20-27-9)16(23)18-10-3-4-13(26-2)12(17)7-10/h3-7H,8H2,1-2H3,(H,18,23). The molecule has 0 bridgehead atoms. The molecule has 0 saturated carbocycles. The van der Waals surface area contributed by atoms with Gasteiger partial charge in [0.1, 0.15) is 11.5 Å². The van der Waals surface area contributed by atoms with Crippen molar-refractivity contribution in [2.75, 3.05) is 12.4 Å². The number of nitrogens with one attached hydrogen (secondary N) is 1. The highest BCUT2D eigenvalue weighted by Crippen LogP contribution is 2.27. The van der Waals surface area contributed by atoms with Gasteiger partial charge in [-0.2, -0.15) is 4.68 Å². The van der Waals surface area contributed by atoms with E-state index < -0.39 is 10.8 Å². The van der Waals surface area contributed by atoms with Crippen LogP contribution in [0.2, 0.25) is 5.02 Å². The Morgan fingerprint density at radius 3 is 2.85 bits per heavy atom. The van der Waals surface area contributed by atoms with Crippen molar-refractivity contribution >= 4 is 29.0 Å². The summed E-state index contributed by atoms with van der Waals surface area (Å²) in [6, 6.07) is 6.06. The van der Waals surface area contributed by atoms with E-state index >= 15 is 0 Å². The normalized spacial score (nSPS) is 10.6. The number of rotatable bonds is 6. The highest BCUT2D eigenvalue weighted by atomic mass is 35.5. The minimum absolute atomic E-state index is 0.0533. The highest BCUT2D eigenvalue weighted by Gasteiger charge is 2.22. The van der Waals surface area contributed by atoms with Crippen LogP contribution < -0.4 is 10.1 Å². The zero-order valence-corrected chi connectivity index (χ0v) is 15.1. The van der Waals surface area contributed by atoms with Gasteiger partial charge in [0, 0.05) is 5.69 Å². The van der Waals surface area contributed by atoms with E-state index in [1.165, 1.54) is 24.1 Å². The Kier molecular flexibility index (Phi) is 5.08. The van der Waals surface area contributed by atoms with E-state index in [0.717, 1.165) is 0 Å². The maximum absolute atomic E-state index is 12.6. The summed E-state index contributed by atoms with van der Waals surface area (Å²) in [5.74, 6) is 0.0895. The predicted octanol–water partition coefficient (Wildman–Crippen LogP) is 3.05. The molecule has 0 saturated heterocycles. The third-order valence-electron chi connectivity index (χ3n) is 3.74. The van der Waals surface area contributed by atoms with Gasteiger partial charge in [0.2, 0.25) is 0 Å². The van der Waals surface area contributed by atoms with Crippen molar-refractivity contribution < 1.29 is 19.0 Å². The lowest BCUT2D eigenvalue weighted by molar-refractivity contribution is -0.389. The number of nitrogens with zero attached hydrogens (tertiary/aromatic N) is 4. The molecule has 3 aromatic rings. The van der Waals surface area contributed by atoms with Gasteiger partial charge >= 0.3 is 5.82 Å². The molecule has 0 aliphatic heterocycles. The second kappa shape index (κ2) is 7.46. The average Bonchev–Trinajstić information content (AvgIpc) is 3.23. The van der Waals surface area contributed by atoms with Crippen LogP contribution in [0, 0.1) is 17.0 Å². The van der Waals surface area contributed by atoms with Crippen molar-refractivity contribution in [3.05, 3.63) is 62.6 Å². The van der Waals surface area contributed by atoms with Crippen LogP contribution in [0.3, 0.4) is 0 Å². The molecule has 2 aromatic heterocycles. The third kappa shape index (κ3) is 3.90. The Morgan fingerprint density at radius 2 is 2.22 bits per heavy atom. The Labute approximate surface area is 157 Å². The van der Waals surface area contributed by atoms with Gasteiger partial charge in [-0.1, -0.05) is 16.8 Å².